The number of nitrogens with zero attached hydrogens (tertiary/aromatic N) is 1. The first-order chi connectivity index (χ1) is 15.4. The number of carboxylic acids is 1. The van der Waals surface area contributed by atoms with Crippen LogP contribution in [0.25, 0.3) is 11.1 Å². The van der Waals surface area contributed by atoms with Crippen LogP contribution in [0.5, 0.6) is 0 Å². The molecule has 7 heteroatoms. The van der Waals surface area contributed by atoms with Crippen LogP contribution in [0.1, 0.15) is 36.8 Å². The minimum Gasteiger partial charge on any atom is -0.480 e. The second-order valence-corrected chi connectivity index (χ2v) is 7.63. The van der Waals surface area contributed by atoms with Gasteiger partial charge in [-0.15, -0.1) is 6.42 Å². The first-order valence-electron chi connectivity index (χ1n) is 10.5. The molecule has 0 saturated carbocycles. The molecular formula is C25H26N2O5. The van der Waals surface area contributed by atoms with Crippen LogP contribution in [0.4, 0.5) is 4.79 Å². The van der Waals surface area contributed by atoms with E-state index in [2.05, 4.69) is 23.4 Å². The number of ether oxygens (including phenoxy) is 1. The van der Waals surface area contributed by atoms with Gasteiger partial charge in [0.15, 0.2) is 0 Å². The maximum Gasteiger partial charge on any atom is 0.407 e. The van der Waals surface area contributed by atoms with Crippen LogP contribution in [-0.2, 0) is 14.3 Å². The van der Waals surface area contributed by atoms with Gasteiger partial charge in [0, 0.05) is 18.4 Å². The zero-order chi connectivity index (χ0) is 23.1. The summed E-state index contributed by atoms with van der Waals surface area (Å²) in [5.41, 5.74) is 4.51. The average molecular weight is 434 g/mol. The first-order valence-corrected chi connectivity index (χ1v) is 10.5. The zero-order valence-corrected chi connectivity index (χ0v) is 17.9. The number of carbonyl (C=O) groups is 3. The molecule has 7 nitrogen and oxygen atoms in total. The van der Waals surface area contributed by atoms with Crippen molar-refractivity contribution >= 4 is 18.0 Å². The second-order valence-electron chi connectivity index (χ2n) is 7.63. The molecule has 3 rings (SSSR count). The zero-order valence-electron chi connectivity index (χ0n) is 17.9. The van der Waals surface area contributed by atoms with Gasteiger partial charge in [0.25, 0.3) is 0 Å². The van der Waals surface area contributed by atoms with E-state index in [-0.39, 0.29) is 25.5 Å². The Morgan fingerprint density at radius 1 is 1.12 bits per heavy atom. The average Bonchev–Trinajstić information content (AvgIpc) is 3.10. The molecule has 0 radical (unpaired) electrons. The Kier molecular flexibility index (Phi) is 7.50. The third kappa shape index (κ3) is 5.27. The van der Waals surface area contributed by atoms with Crippen molar-refractivity contribution in [2.75, 3.05) is 19.7 Å². The Hall–Kier alpha value is -3.79. The van der Waals surface area contributed by atoms with Gasteiger partial charge in [-0.2, -0.15) is 0 Å². The molecule has 0 heterocycles. The lowest BCUT2D eigenvalue weighted by Crippen LogP contribution is -2.42. The van der Waals surface area contributed by atoms with Gasteiger partial charge < -0.3 is 20.1 Å². The van der Waals surface area contributed by atoms with E-state index in [9.17, 15) is 14.4 Å². The molecular weight excluding hydrogens is 408 g/mol. The summed E-state index contributed by atoms with van der Waals surface area (Å²) in [6.07, 6.45) is 5.03. The van der Waals surface area contributed by atoms with Gasteiger partial charge in [0.1, 0.15) is 13.2 Å². The van der Waals surface area contributed by atoms with Gasteiger partial charge >= 0.3 is 12.1 Å². The largest absolute Gasteiger partial charge is 0.480 e. The number of terminal acetylenes is 1. The Labute approximate surface area is 187 Å². The highest BCUT2D eigenvalue weighted by molar-refractivity contribution is 5.82. The summed E-state index contributed by atoms with van der Waals surface area (Å²) in [4.78, 5) is 36.9. The number of carboxylic acid groups (broad SMARTS) is 1. The Balaban J connectivity index is 1.60. The fourth-order valence-corrected chi connectivity index (χ4v) is 3.95. The maximum absolute atomic E-state index is 12.5. The number of hydrogen-bond acceptors (Lipinski definition) is 4. The van der Waals surface area contributed by atoms with Crippen LogP contribution in [0.3, 0.4) is 0 Å². The van der Waals surface area contributed by atoms with Gasteiger partial charge in [-0.05, 0) is 28.7 Å². The standard InChI is InChI=1S/C25H26N2O5/c1-3-13-27(15-24(29)30)23(28)14-17(4-2)26-25(31)32-16-22-20-11-7-5-9-18(20)19-10-6-8-12-21(19)22/h1,5-12,17,22H,4,13-16H2,2H3,(H,26,31)(H,29,30)/t17-/m1/s1. The van der Waals surface area contributed by atoms with Crippen LogP contribution in [0.15, 0.2) is 48.5 Å². The topological polar surface area (TPSA) is 95.9 Å². The number of nitrogens with one attached hydrogen (secondary N) is 1. The number of alkyl carbamates (subject to hydrolysis) is 1. The smallest absolute Gasteiger partial charge is 0.407 e. The van der Waals surface area contributed by atoms with E-state index in [0.29, 0.717) is 6.42 Å². The Bertz CT molecular complexity index is 997. The van der Waals surface area contributed by atoms with Crippen molar-refractivity contribution in [1.29, 1.82) is 0 Å². The van der Waals surface area contributed by atoms with E-state index in [0.717, 1.165) is 27.2 Å². The van der Waals surface area contributed by atoms with E-state index in [1.165, 1.54) is 0 Å². The number of rotatable bonds is 9. The lowest BCUT2D eigenvalue weighted by molar-refractivity contribution is -0.144. The lowest BCUT2D eigenvalue weighted by Gasteiger charge is -2.22. The normalized spacial score (nSPS) is 12.8. The number of fused-ring (bicyclic) bond motifs is 3. The first kappa shape index (κ1) is 22.9. The molecule has 166 valence electrons. The SMILES string of the molecule is C#CCN(CC(=O)O)C(=O)C[C@@H](CC)NC(=O)OCC1c2ccccc2-c2ccccc21. The monoisotopic (exact) mass is 434 g/mol. The van der Waals surface area contributed by atoms with Crippen LogP contribution in [0.2, 0.25) is 0 Å². The predicted octanol–water partition coefficient (Wildman–Crippen LogP) is 3.24. The molecule has 2 amide bonds. The molecule has 0 aliphatic heterocycles. The number of amides is 2. The predicted molar refractivity (Wildman–Crippen MR) is 120 cm³/mol. The number of carbonyl (C=O) groups excluding carboxylic acids is 2. The van der Waals surface area contributed by atoms with Crippen LogP contribution >= 0.6 is 0 Å². The van der Waals surface area contributed by atoms with Gasteiger partial charge in [-0.25, -0.2) is 4.79 Å². The van der Waals surface area contributed by atoms with Crippen molar-refractivity contribution in [2.24, 2.45) is 0 Å². The Morgan fingerprint density at radius 3 is 2.25 bits per heavy atom. The highest BCUT2D eigenvalue weighted by Crippen LogP contribution is 2.44. The summed E-state index contributed by atoms with van der Waals surface area (Å²) < 4.78 is 5.52. The van der Waals surface area contributed by atoms with E-state index in [1.54, 1.807) is 0 Å². The molecule has 2 aromatic carbocycles. The molecule has 0 aromatic heterocycles. The molecule has 2 aromatic rings. The molecule has 1 atom stereocenters. The quantitative estimate of drug-likeness (QED) is 0.591. The van der Waals surface area contributed by atoms with E-state index in [1.807, 2.05) is 43.3 Å². The van der Waals surface area contributed by atoms with Crippen molar-refractivity contribution in [3.05, 3.63) is 59.7 Å². The molecule has 2 N–H and O–H groups in total. The summed E-state index contributed by atoms with van der Waals surface area (Å²) in [6, 6.07) is 15.6. The van der Waals surface area contributed by atoms with Crippen molar-refractivity contribution in [3.8, 4) is 23.5 Å². The molecule has 0 spiro atoms. The molecule has 32 heavy (non-hydrogen) atoms. The molecule has 1 aliphatic carbocycles. The van der Waals surface area contributed by atoms with Crippen molar-refractivity contribution < 1.29 is 24.2 Å². The molecule has 0 unspecified atom stereocenters. The van der Waals surface area contributed by atoms with E-state index < -0.39 is 30.6 Å². The summed E-state index contributed by atoms with van der Waals surface area (Å²) in [6.45, 7) is 1.41. The fourth-order valence-electron chi connectivity index (χ4n) is 3.95. The maximum atomic E-state index is 12.5. The second kappa shape index (κ2) is 10.5. The van der Waals surface area contributed by atoms with Crippen molar-refractivity contribution in [2.45, 2.75) is 31.7 Å². The molecule has 1 aliphatic rings. The summed E-state index contributed by atoms with van der Waals surface area (Å²) >= 11 is 0. The van der Waals surface area contributed by atoms with Crippen molar-refractivity contribution in [3.63, 3.8) is 0 Å². The molecule has 0 bridgehead atoms. The summed E-state index contributed by atoms with van der Waals surface area (Å²) in [5.74, 6) is 0.644. The van der Waals surface area contributed by atoms with Gasteiger partial charge in [0.2, 0.25) is 5.91 Å². The third-order valence-electron chi connectivity index (χ3n) is 5.54. The van der Waals surface area contributed by atoms with Crippen LogP contribution in [0, 0.1) is 12.3 Å². The number of hydrogen-bond donors (Lipinski definition) is 2. The van der Waals surface area contributed by atoms with Gasteiger partial charge in [-0.3, -0.25) is 9.59 Å². The van der Waals surface area contributed by atoms with Gasteiger partial charge in [0.05, 0.1) is 6.54 Å². The summed E-state index contributed by atoms with van der Waals surface area (Å²) in [5, 5.41) is 11.7. The minimum atomic E-state index is -1.15. The highest BCUT2D eigenvalue weighted by atomic mass is 16.5. The van der Waals surface area contributed by atoms with E-state index in [4.69, 9.17) is 16.3 Å². The molecule has 0 saturated heterocycles. The number of aliphatic carboxylic acids is 1. The van der Waals surface area contributed by atoms with Crippen LogP contribution in [-0.4, -0.2) is 53.7 Å². The highest BCUT2D eigenvalue weighted by Gasteiger charge is 2.29. The fraction of sp³-hybridized carbons (Fsp3) is 0.320. The molecule has 0 fully saturated rings. The number of benzene rings is 2. The minimum absolute atomic E-state index is 0.0588. The third-order valence-corrected chi connectivity index (χ3v) is 5.54. The summed E-state index contributed by atoms with van der Waals surface area (Å²) in [7, 11) is 0. The van der Waals surface area contributed by atoms with E-state index >= 15 is 0 Å². The van der Waals surface area contributed by atoms with Crippen molar-refractivity contribution in [1.82, 2.24) is 10.2 Å². The Morgan fingerprint density at radius 2 is 1.72 bits per heavy atom. The van der Waals surface area contributed by atoms with Gasteiger partial charge in [-0.1, -0.05) is 61.4 Å². The van der Waals surface area contributed by atoms with Crippen LogP contribution < -0.4 is 5.32 Å². The lowest BCUT2D eigenvalue weighted by atomic mass is 9.98.